The number of benzene rings is 1. The minimum absolute atomic E-state index is 0.0511. The van der Waals surface area contributed by atoms with Gasteiger partial charge in [-0.3, -0.25) is 14.5 Å². The minimum atomic E-state index is -1.24. The van der Waals surface area contributed by atoms with Crippen LogP contribution >= 0.6 is 0 Å². The number of ether oxygens (including phenoxy) is 2. The van der Waals surface area contributed by atoms with Crippen LogP contribution in [0, 0.1) is 10.1 Å². The highest BCUT2D eigenvalue weighted by Crippen LogP contribution is 2.37. The zero-order chi connectivity index (χ0) is 19.8. The highest BCUT2D eigenvalue weighted by Gasteiger charge is 2.45. The summed E-state index contributed by atoms with van der Waals surface area (Å²) in [5.41, 5.74) is -0.891. The number of carbonyl (C=O) groups excluding carboxylic acids is 2. The number of carbonyl (C=O) groups is 2. The Morgan fingerprint density at radius 1 is 1.33 bits per heavy atom. The Morgan fingerprint density at radius 2 is 2.07 bits per heavy atom. The summed E-state index contributed by atoms with van der Waals surface area (Å²) in [5, 5.41) is 11.0. The molecule has 0 saturated heterocycles. The number of methoxy groups -OCH3 is 1. The first-order chi connectivity index (χ1) is 12.7. The fourth-order valence-corrected chi connectivity index (χ4v) is 2.72. The van der Waals surface area contributed by atoms with E-state index in [1.165, 1.54) is 19.2 Å². The second kappa shape index (κ2) is 6.67. The van der Waals surface area contributed by atoms with Gasteiger partial charge in [-0.25, -0.2) is 0 Å². The van der Waals surface area contributed by atoms with E-state index in [2.05, 4.69) is 4.98 Å². The van der Waals surface area contributed by atoms with Crippen LogP contribution in [0.15, 0.2) is 36.4 Å². The fourth-order valence-electron chi connectivity index (χ4n) is 2.72. The number of fused-ring (bicyclic) bond motifs is 1. The molecule has 0 saturated carbocycles. The van der Waals surface area contributed by atoms with E-state index >= 15 is 0 Å². The number of nitro groups is 1. The molecule has 0 aliphatic carbocycles. The molecule has 2 heterocycles. The van der Waals surface area contributed by atoms with Crippen molar-refractivity contribution in [3.05, 3.63) is 52.1 Å². The van der Waals surface area contributed by atoms with Gasteiger partial charge in [0.05, 0.1) is 13.7 Å². The first-order valence-corrected chi connectivity index (χ1v) is 8.06. The molecule has 0 bridgehead atoms. The van der Waals surface area contributed by atoms with Gasteiger partial charge in [0.25, 0.3) is 11.7 Å². The molecular weight excluding hydrogens is 354 g/mol. The monoisotopic (exact) mass is 371 g/mol. The molecule has 3 rings (SSSR count). The Kier molecular flexibility index (Phi) is 4.52. The first-order valence-electron chi connectivity index (χ1n) is 8.06. The fraction of sp³-hybridized carbons (Fsp3) is 0.278. The van der Waals surface area contributed by atoms with E-state index < -0.39 is 22.2 Å². The number of amides is 1. The van der Waals surface area contributed by atoms with Crippen LogP contribution in [-0.4, -0.2) is 40.9 Å². The molecule has 2 aromatic rings. The van der Waals surface area contributed by atoms with Gasteiger partial charge in [-0.2, -0.15) is 0 Å². The van der Waals surface area contributed by atoms with Crippen LogP contribution < -0.4 is 14.4 Å². The van der Waals surface area contributed by atoms with Crippen LogP contribution in [-0.2, 0) is 4.79 Å². The number of nitrogens with zero attached hydrogens (tertiary/aromatic N) is 3. The third-order valence-corrected chi connectivity index (χ3v) is 4.09. The van der Waals surface area contributed by atoms with Gasteiger partial charge in [0.15, 0.2) is 17.1 Å². The Labute approximate surface area is 154 Å². The zero-order valence-corrected chi connectivity index (χ0v) is 15.0. The molecule has 1 aliphatic rings. The van der Waals surface area contributed by atoms with E-state index in [4.69, 9.17) is 9.47 Å². The predicted molar refractivity (Wildman–Crippen MR) is 95.3 cm³/mol. The highest BCUT2D eigenvalue weighted by atomic mass is 16.6. The van der Waals surface area contributed by atoms with Crippen molar-refractivity contribution in [1.29, 1.82) is 0 Å². The van der Waals surface area contributed by atoms with Crippen LogP contribution in [0.4, 0.5) is 11.6 Å². The lowest BCUT2D eigenvalue weighted by Crippen LogP contribution is -2.54. The molecule has 0 spiro atoms. The van der Waals surface area contributed by atoms with Crippen molar-refractivity contribution >= 4 is 23.3 Å². The van der Waals surface area contributed by atoms with Crippen molar-refractivity contribution < 1.29 is 24.0 Å². The largest absolute Gasteiger partial charge is 0.497 e. The van der Waals surface area contributed by atoms with E-state index in [1.807, 2.05) is 0 Å². The van der Waals surface area contributed by atoms with Crippen molar-refractivity contribution in [3.8, 4) is 11.5 Å². The van der Waals surface area contributed by atoms with Gasteiger partial charge in [0.1, 0.15) is 5.75 Å². The van der Waals surface area contributed by atoms with E-state index in [1.54, 1.807) is 38.1 Å². The summed E-state index contributed by atoms with van der Waals surface area (Å²) in [7, 11) is 1.48. The number of aromatic nitrogens is 1. The number of anilines is 1. The third-order valence-electron chi connectivity index (χ3n) is 4.09. The van der Waals surface area contributed by atoms with Gasteiger partial charge in [0, 0.05) is 11.6 Å². The third kappa shape index (κ3) is 3.43. The van der Waals surface area contributed by atoms with Crippen molar-refractivity contribution in [2.75, 3.05) is 18.6 Å². The van der Waals surface area contributed by atoms with Gasteiger partial charge in [0.2, 0.25) is 0 Å². The minimum Gasteiger partial charge on any atom is -0.497 e. The maximum atomic E-state index is 12.8. The standard InChI is InChI=1S/C18H17N3O6/c1-18(2)17(23)20(10-13(22)11-5-4-6-12(9-11)26-3)16-14(27-18)7-8-15(19-16)21(24)25/h4-9H,10H2,1-3H3. The summed E-state index contributed by atoms with van der Waals surface area (Å²) < 4.78 is 10.7. The molecule has 140 valence electrons. The Balaban J connectivity index is 2.00. The van der Waals surface area contributed by atoms with Crippen LogP contribution in [0.25, 0.3) is 0 Å². The molecule has 1 aromatic heterocycles. The highest BCUT2D eigenvalue weighted by molar-refractivity contribution is 6.09. The van der Waals surface area contributed by atoms with Gasteiger partial charge in [-0.1, -0.05) is 12.1 Å². The topological polar surface area (TPSA) is 112 Å². The lowest BCUT2D eigenvalue weighted by molar-refractivity contribution is -0.389. The molecule has 1 aliphatic heterocycles. The molecule has 27 heavy (non-hydrogen) atoms. The van der Waals surface area contributed by atoms with Gasteiger partial charge in [-0.15, -0.1) is 0 Å². The number of Topliss-reactive ketones (excluding diaryl/α,β-unsaturated/α-hetero) is 1. The maximum absolute atomic E-state index is 12.8. The molecule has 0 unspecified atom stereocenters. The summed E-state index contributed by atoms with van der Waals surface area (Å²) in [4.78, 5) is 40.9. The normalized spacial score (nSPS) is 14.9. The second-order valence-corrected chi connectivity index (χ2v) is 6.41. The number of hydrogen-bond acceptors (Lipinski definition) is 7. The molecule has 9 heteroatoms. The van der Waals surface area contributed by atoms with Gasteiger partial charge < -0.3 is 19.6 Å². The molecule has 0 fully saturated rings. The number of hydrogen-bond donors (Lipinski definition) is 0. The lowest BCUT2D eigenvalue weighted by atomic mass is 10.0. The van der Waals surface area contributed by atoms with E-state index in [0.29, 0.717) is 11.3 Å². The number of ketones is 1. The van der Waals surface area contributed by atoms with Crippen LogP contribution in [0.5, 0.6) is 11.5 Å². The molecule has 1 amide bonds. The number of pyridine rings is 1. The molecule has 1 aromatic carbocycles. The van der Waals surface area contributed by atoms with E-state index in [-0.39, 0.29) is 23.9 Å². The Bertz CT molecular complexity index is 940. The quantitative estimate of drug-likeness (QED) is 0.450. The van der Waals surface area contributed by atoms with Gasteiger partial charge >= 0.3 is 5.82 Å². The molecule has 0 atom stereocenters. The number of rotatable bonds is 5. The van der Waals surface area contributed by atoms with E-state index in [9.17, 15) is 19.7 Å². The average molecular weight is 371 g/mol. The van der Waals surface area contributed by atoms with Crippen LogP contribution in [0.3, 0.4) is 0 Å². The summed E-state index contributed by atoms with van der Waals surface area (Å²) in [6.07, 6.45) is 0. The van der Waals surface area contributed by atoms with Crippen molar-refractivity contribution in [2.45, 2.75) is 19.4 Å². The van der Waals surface area contributed by atoms with Crippen molar-refractivity contribution in [3.63, 3.8) is 0 Å². The summed E-state index contributed by atoms with van der Waals surface area (Å²) >= 11 is 0. The zero-order valence-electron chi connectivity index (χ0n) is 15.0. The van der Waals surface area contributed by atoms with Crippen LogP contribution in [0.2, 0.25) is 0 Å². The molecule has 0 N–H and O–H groups in total. The van der Waals surface area contributed by atoms with E-state index in [0.717, 1.165) is 4.90 Å². The van der Waals surface area contributed by atoms with Crippen molar-refractivity contribution in [1.82, 2.24) is 4.98 Å². The molecular formula is C18H17N3O6. The summed E-state index contributed by atoms with van der Waals surface area (Å²) in [6, 6.07) is 9.07. The summed E-state index contributed by atoms with van der Waals surface area (Å²) in [6.45, 7) is 2.78. The Morgan fingerprint density at radius 3 is 2.74 bits per heavy atom. The predicted octanol–water partition coefficient (Wildman–Crippen LogP) is 2.39. The maximum Gasteiger partial charge on any atom is 0.366 e. The lowest BCUT2D eigenvalue weighted by Gasteiger charge is -2.35. The van der Waals surface area contributed by atoms with Gasteiger partial charge in [-0.05, 0) is 42.0 Å². The summed E-state index contributed by atoms with van der Waals surface area (Å²) in [5.74, 6) is -0.667. The van der Waals surface area contributed by atoms with Crippen LogP contribution in [0.1, 0.15) is 24.2 Å². The molecule has 0 radical (unpaired) electrons. The first kappa shape index (κ1) is 18.3. The average Bonchev–Trinajstić information content (AvgIpc) is 2.64. The van der Waals surface area contributed by atoms with Crippen molar-refractivity contribution in [2.24, 2.45) is 0 Å². The second-order valence-electron chi connectivity index (χ2n) is 6.41. The molecule has 9 nitrogen and oxygen atoms in total. The SMILES string of the molecule is COc1cccc(C(=O)CN2C(=O)C(C)(C)Oc3ccc([N+](=O)[O-])nc32)c1. The Hall–Kier alpha value is -3.49. The smallest absolute Gasteiger partial charge is 0.366 e.